The second-order valence-corrected chi connectivity index (χ2v) is 11.4. The second kappa shape index (κ2) is 13.3. The molecule has 0 saturated heterocycles. The van der Waals surface area contributed by atoms with Gasteiger partial charge in [0.25, 0.3) is 5.91 Å². The van der Waals surface area contributed by atoms with E-state index < -0.39 is 0 Å². The van der Waals surface area contributed by atoms with Crippen LogP contribution in [0.5, 0.6) is 5.75 Å². The Bertz CT molecular complexity index is 1500. The number of carbonyl (C=O) groups is 2. The van der Waals surface area contributed by atoms with Crippen LogP contribution in [0, 0.1) is 11.3 Å². The molecule has 0 saturated carbocycles. The summed E-state index contributed by atoms with van der Waals surface area (Å²) >= 11 is 2.86. The summed E-state index contributed by atoms with van der Waals surface area (Å²) < 4.78 is 7.55. The highest BCUT2D eigenvalue weighted by Gasteiger charge is 2.15. The Kier molecular flexibility index (Phi) is 9.58. The van der Waals surface area contributed by atoms with Crippen LogP contribution in [0.2, 0.25) is 0 Å². The van der Waals surface area contributed by atoms with Crippen molar-refractivity contribution < 1.29 is 14.3 Å². The van der Waals surface area contributed by atoms with E-state index in [0.29, 0.717) is 22.6 Å². The van der Waals surface area contributed by atoms with Gasteiger partial charge in [0, 0.05) is 11.3 Å². The molecule has 2 amide bonds. The van der Waals surface area contributed by atoms with Crippen LogP contribution in [0.15, 0.2) is 71.1 Å². The molecule has 2 atom stereocenters. The van der Waals surface area contributed by atoms with E-state index in [4.69, 9.17) is 4.74 Å². The molecule has 0 radical (unpaired) electrons. The lowest BCUT2D eigenvalue weighted by molar-refractivity contribution is -0.119. The van der Waals surface area contributed by atoms with Crippen LogP contribution in [0.4, 0.5) is 5.69 Å². The zero-order valence-electron chi connectivity index (χ0n) is 22.1. The summed E-state index contributed by atoms with van der Waals surface area (Å²) in [6, 6.07) is 22.3. The molecule has 9 heteroatoms. The number of fused-ring (bicyclic) bond motifs is 1. The summed E-state index contributed by atoms with van der Waals surface area (Å²) in [5.41, 5.74) is 3.18. The molecular weight excluding hydrogens is 528 g/mol. The topological polar surface area (TPSA) is 104 Å². The Hall–Kier alpha value is -3.87. The Balaban J connectivity index is 1.36. The molecule has 1 heterocycles. The van der Waals surface area contributed by atoms with Gasteiger partial charge in [0.1, 0.15) is 11.8 Å². The van der Waals surface area contributed by atoms with Crippen LogP contribution in [0.3, 0.4) is 0 Å². The van der Waals surface area contributed by atoms with E-state index in [1.807, 2.05) is 56.3 Å². The highest BCUT2D eigenvalue weighted by atomic mass is 32.2. The third kappa shape index (κ3) is 7.59. The fourth-order valence-electron chi connectivity index (χ4n) is 4.03. The average Bonchev–Trinajstić information content (AvgIpc) is 3.35. The van der Waals surface area contributed by atoms with Crippen LogP contribution >= 0.6 is 23.1 Å². The fraction of sp³-hybridized carbons (Fsp3) is 0.267. The molecule has 7 nitrogen and oxygen atoms in total. The van der Waals surface area contributed by atoms with E-state index in [1.54, 1.807) is 24.3 Å². The summed E-state index contributed by atoms with van der Waals surface area (Å²) in [5.74, 6) is 0.367. The number of ether oxygens (including phenoxy) is 1. The zero-order chi connectivity index (χ0) is 27.8. The first-order valence-corrected chi connectivity index (χ1v) is 14.6. The SMILES string of the molecule is CCCC(C)Oc1ccc(C(=O)Nc2ccc3nc(SCC(=O)N[C@@H](C)c4ccccc4)sc3c2)cc1C#N. The van der Waals surface area contributed by atoms with Crippen molar-refractivity contribution in [3.63, 3.8) is 0 Å². The molecule has 4 aromatic rings. The van der Waals surface area contributed by atoms with Crippen LogP contribution < -0.4 is 15.4 Å². The van der Waals surface area contributed by atoms with E-state index in [0.717, 1.165) is 33.0 Å². The molecule has 1 aromatic heterocycles. The highest BCUT2D eigenvalue weighted by Crippen LogP contribution is 2.31. The average molecular weight is 559 g/mol. The van der Waals surface area contributed by atoms with Gasteiger partial charge >= 0.3 is 0 Å². The molecule has 4 rings (SSSR count). The lowest BCUT2D eigenvalue weighted by atomic mass is 10.1. The number of nitrogens with one attached hydrogen (secondary N) is 2. The number of nitriles is 1. The third-order valence-corrected chi connectivity index (χ3v) is 8.18. The Morgan fingerprint density at radius 1 is 1.10 bits per heavy atom. The van der Waals surface area contributed by atoms with Crippen molar-refractivity contribution in [2.45, 2.75) is 50.1 Å². The van der Waals surface area contributed by atoms with Crippen molar-refractivity contribution in [2.24, 2.45) is 0 Å². The van der Waals surface area contributed by atoms with E-state index in [9.17, 15) is 14.9 Å². The predicted octanol–water partition coefficient (Wildman–Crippen LogP) is 6.96. The summed E-state index contributed by atoms with van der Waals surface area (Å²) in [6.07, 6.45) is 1.86. The summed E-state index contributed by atoms with van der Waals surface area (Å²) in [7, 11) is 0. The summed E-state index contributed by atoms with van der Waals surface area (Å²) in [4.78, 5) is 30.0. The fourth-order valence-corrected chi connectivity index (χ4v) is 5.94. The molecule has 0 spiro atoms. The van der Waals surface area contributed by atoms with Crippen molar-refractivity contribution >= 4 is 50.8 Å². The first kappa shape index (κ1) is 28.1. The van der Waals surface area contributed by atoms with E-state index in [1.165, 1.54) is 23.1 Å². The highest BCUT2D eigenvalue weighted by molar-refractivity contribution is 8.01. The van der Waals surface area contributed by atoms with E-state index in [-0.39, 0.29) is 29.7 Å². The molecule has 1 unspecified atom stereocenters. The third-order valence-electron chi connectivity index (χ3n) is 6.02. The van der Waals surface area contributed by atoms with Crippen LogP contribution in [0.25, 0.3) is 10.2 Å². The molecule has 200 valence electrons. The quantitative estimate of drug-likeness (QED) is 0.193. The van der Waals surface area contributed by atoms with Gasteiger partial charge in [-0.05, 0) is 62.2 Å². The minimum absolute atomic E-state index is 0.0109. The maximum absolute atomic E-state index is 12.9. The zero-order valence-corrected chi connectivity index (χ0v) is 23.7. The molecule has 2 N–H and O–H groups in total. The van der Waals surface area contributed by atoms with Gasteiger partial charge in [-0.3, -0.25) is 9.59 Å². The van der Waals surface area contributed by atoms with E-state index in [2.05, 4.69) is 28.6 Å². The van der Waals surface area contributed by atoms with Gasteiger partial charge < -0.3 is 15.4 Å². The molecular formula is C30H30N4O3S2. The number of benzene rings is 3. The molecule has 0 aliphatic carbocycles. The number of hydrogen-bond donors (Lipinski definition) is 2. The van der Waals surface area contributed by atoms with Gasteiger partial charge in [0.05, 0.1) is 33.7 Å². The van der Waals surface area contributed by atoms with Crippen molar-refractivity contribution in [2.75, 3.05) is 11.1 Å². The molecule has 39 heavy (non-hydrogen) atoms. The maximum Gasteiger partial charge on any atom is 0.255 e. The minimum Gasteiger partial charge on any atom is -0.489 e. The minimum atomic E-state index is -0.317. The first-order valence-electron chi connectivity index (χ1n) is 12.8. The van der Waals surface area contributed by atoms with Gasteiger partial charge in [0.2, 0.25) is 5.91 Å². The van der Waals surface area contributed by atoms with Crippen molar-refractivity contribution in [1.82, 2.24) is 10.3 Å². The second-order valence-electron chi connectivity index (χ2n) is 9.14. The van der Waals surface area contributed by atoms with Crippen LogP contribution in [0.1, 0.15) is 61.1 Å². The summed E-state index contributed by atoms with van der Waals surface area (Å²) in [6.45, 7) is 6.00. The lowest BCUT2D eigenvalue weighted by Crippen LogP contribution is -2.28. The Morgan fingerprint density at radius 3 is 2.64 bits per heavy atom. The monoisotopic (exact) mass is 558 g/mol. The van der Waals surface area contributed by atoms with Crippen molar-refractivity contribution in [3.8, 4) is 11.8 Å². The molecule has 0 aliphatic heterocycles. The standard InChI is InChI=1S/C30H30N4O3S2/c1-4-8-19(2)37-26-14-11-22(15-23(26)17-31)29(36)33-24-12-13-25-27(16-24)39-30(34-25)38-18-28(35)32-20(3)21-9-6-5-7-10-21/h5-7,9-16,19-20H,4,8,18H2,1-3H3,(H,32,35)(H,33,36)/t19?,20-/m0/s1. The predicted molar refractivity (Wildman–Crippen MR) is 157 cm³/mol. The maximum atomic E-state index is 12.9. The number of aromatic nitrogens is 1. The molecule has 0 fully saturated rings. The van der Waals surface area contributed by atoms with E-state index >= 15 is 0 Å². The van der Waals surface area contributed by atoms with Gasteiger partial charge in [-0.15, -0.1) is 11.3 Å². The van der Waals surface area contributed by atoms with Crippen LogP contribution in [-0.4, -0.2) is 28.7 Å². The first-order chi connectivity index (χ1) is 18.9. The molecule has 3 aromatic carbocycles. The number of hydrogen-bond acceptors (Lipinski definition) is 7. The smallest absolute Gasteiger partial charge is 0.255 e. The molecule has 0 aliphatic rings. The number of carbonyl (C=O) groups excluding carboxylic acids is 2. The summed E-state index contributed by atoms with van der Waals surface area (Å²) in [5, 5.41) is 15.5. The number of amides is 2. The Labute approximate surface area is 236 Å². The van der Waals surface area contributed by atoms with Crippen molar-refractivity contribution in [3.05, 3.63) is 83.4 Å². The number of rotatable bonds is 11. The number of thioether (sulfide) groups is 1. The lowest BCUT2D eigenvalue weighted by Gasteiger charge is -2.15. The number of anilines is 1. The normalized spacial score (nSPS) is 12.4. The van der Waals surface area contributed by atoms with Gasteiger partial charge in [-0.1, -0.05) is 55.4 Å². The van der Waals surface area contributed by atoms with Gasteiger partial charge in [-0.2, -0.15) is 5.26 Å². The molecule has 0 bridgehead atoms. The van der Waals surface area contributed by atoms with Gasteiger partial charge in [-0.25, -0.2) is 4.98 Å². The largest absolute Gasteiger partial charge is 0.489 e. The Morgan fingerprint density at radius 2 is 1.90 bits per heavy atom. The van der Waals surface area contributed by atoms with Crippen molar-refractivity contribution in [1.29, 1.82) is 5.26 Å². The van der Waals surface area contributed by atoms with Gasteiger partial charge in [0.15, 0.2) is 4.34 Å². The number of thiazole rings is 1. The van der Waals surface area contributed by atoms with Crippen LogP contribution in [-0.2, 0) is 4.79 Å². The number of nitrogens with zero attached hydrogens (tertiary/aromatic N) is 2.